The van der Waals surface area contributed by atoms with E-state index in [1.807, 2.05) is 6.92 Å². The van der Waals surface area contributed by atoms with Crippen molar-refractivity contribution in [1.29, 1.82) is 0 Å². The van der Waals surface area contributed by atoms with Crippen molar-refractivity contribution in [2.24, 2.45) is 0 Å². The number of aryl methyl sites for hydroxylation is 1. The molecular formula is C18H16BrN5O3. The zero-order valence-electron chi connectivity index (χ0n) is 14.5. The summed E-state index contributed by atoms with van der Waals surface area (Å²) >= 11 is 3.40. The number of rotatable bonds is 5. The minimum absolute atomic E-state index is 0.111. The Hall–Kier alpha value is -2.81. The molecule has 3 aromatic rings. The molecule has 0 bridgehead atoms. The molecule has 2 aromatic heterocycles. The summed E-state index contributed by atoms with van der Waals surface area (Å²) in [6.07, 6.45) is 5.23. The first-order valence-corrected chi connectivity index (χ1v) is 9.24. The molecule has 1 aliphatic rings. The maximum absolute atomic E-state index is 12.7. The summed E-state index contributed by atoms with van der Waals surface area (Å²) in [6.45, 7) is 1.59. The molecular weight excluding hydrogens is 414 g/mol. The van der Waals surface area contributed by atoms with Crippen LogP contribution in [0, 0.1) is 6.92 Å². The Balaban J connectivity index is 1.65. The third-order valence-electron chi connectivity index (χ3n) is 4.02. The van der Waals surface area contributed by atoms with Crippen LogP contribution in [0.15, 0.2) is 39.9 Å². The average Bonchev–Trinajstić information content (AvgIpc) is 3.45. The minimum atomic E-state index is -0.442. The number of nitrogens with one attached hydrogen (secondary N) is 1. The summed E-state index contributed by atoms with van der Waals surface area (Å²) in [6, 6.07) is 5.27. The van der Waals surface area contributed by atoms with E-state index in [4.69, 9.17) is 4.74 Å². The summed E-state index contributed by atoms with van der Waals surface area (Å²) in [4.78, 5) is 33.1. The molecule has 9 heteroatoms. The van der Waals surface area contributed by atoms with Gasteiger partial charge in [0.1, 0.15) is 12.6 Å². The van der Waals surface area contributed by atoms with Crippen LogP contribution < -0.4 is 15.6 Å². The van der Waals surface area contributed by atoms with Crippen LogP contribution in [-0.4, -0.2) is 31.8 Å². The molecule has 0 aliphatic heterocycles. The standard InChI is InChI=1S/C18H16BrN5O3/c1-10-7-20-18(21-8-10)22-15(25)9-24-17(26)13-5-2-11(19)6-14(13)16(23-24)27-12-3-4-12/h2,5-8,12H,3-4,9H2,1H3,(H,20,21,22,25). The SMILES string of the molecule is Cc1cnc(NC(=O)Cn2nc(OC3CC3)c3cc(Br)ccc3c2=O)nc1. The number of carbonyl (C=O) groups excluding carboxylic acids is 1. The van der Waals surface area contributed by atoms with Gasteiger partial charge in [0.05, 0.1) is 10.8 Å². The Bertz CT molecular complexity index is 1080. The van der Waals surface area contributed by atoms with Crippen molar-refractivity contribution < 1.29 is 9.53 Å². The topological polar surface area (TPSA) is 99.0 Å². The van der Waals surface area contributed by atoms with Crippen molar-refractivity contribution in [1.82, 2.24) is 19.7 Å². The normalized spacial score (nSPS) is 13.6. The van der Waals surface area contributed by atoms with Gasteiger partial charge in [0.25, 0.3) is 5.56 Å². The molecule has 27 heavy (non-hydrogen) atoms. The average molecular weight is 430 g/mol. The molecule has 2 heterocycles. The quantitative estimate of drug-likeness (QED) is 0.668. The highest BCUT2D eigenvalue weighted by molar-refractivity contribution is 9.10. The summed E-state index contributed by atoms with van der Waals surface area (Å²) in [5.74, 6) is 0.0906. The fourth-order valence-corrected chi connectivity index (χ4v) is 2.88. The lowest BCUT2D eigenvalue weighted by Crippen LogP contribution is -2.30. The van der Waals surface area contributed by atoms with E-state index in [9.17, 15) is 9.59 Å². The Morgan fingerprint density at radius 2 is 2.04 bits per heavy atom. The zero-order chi connectivity index (χ0) is 19.0. The number of nitrogens with zero attached hydrogens (tertiary/aromatic N) is 4. The smallest absolute Gasteiger partial charge is 0.275 e. The van der Waals surface area contributed by atoms with Gasteiger partial charge in [-0.2, -0.15) is 0 Å². The first kappa shape index (κ1) is 17.6. The molecule has 1 aliphatic carbocycles. The Kier molecular flexibility index (Phi) is 4.61. The number of hydrogen-bond acceptors (Lipinski definition) is 6. The minimum Gasteiger partial charge on any atom is -0.473 e. The van der Waals surface area contributed by atoms with E-state index in [0.29, 0.717) is 16.7 Å². The predicted octanol–water partition coefficient (Wildman–Crippen LogP) is 2.44. The van der Waals surface area contributed by atoms with E-state index in [-0.39, 0.29) is 24.2 Å². The molecule has 0 spiro atoms. The van der Waals surface area contributed by atoms with Crippen molar-refractivity contribution in [2.45, 2.75) is 32.4 Å². The van der Waals surface area contributed by atoms with Gasteiger partial charge in [-0.1, -0.05) is 15.9 Å². The lowest BCUT2D eigenvalue weighted by atomic mass is 10.2. The van der Waals surface area contributed by atoms with Gasteiger partial charge >= 0.3 is 0 Å². The second kappa shape index (κ2) is 7.07. The highest BCUT2D eigenvalue weighted by Gasteiger charge is 2.26. The largest absolute Gasteiger partial charge is 0.473 e. The van der Waals surface area contributed by atoms with Gasteiger partial charge in [0.2, 0.25) is 17.7 Å². The number of benzene rings is 1. The van der Waals surface area contributed by atoms with E-state index in [1.54, 1.807) is 30.6 Å². The van der Waals surface area contributed by atoms with E-state index >= 15 is 0 Å². The molecule has 8 nitrogen and oxygen atoms in total. The van der Waals surface area contributed by atoms with Crippen molar-refractivity contribution >= 4 is 38.6 Å². The van der Waals surface area contributed by atoms with E-state index < -0.39 is 5.91 Å². The number of halogens is 1. The maximum Gasteiger partial charge on any atom is 0.275 e. The Morgan fingerprint density at radius 3 is 2.74 bits per heavy atom. The van der Waals surface area contributed by atoms with Crippen LogP contribution in [0.1, 0.15) is 18.4 Å². The summed E-state index contributed by atoms with van der Waals surface area (Å²) in [5, 5.41) is 7.91. The Morgan fingerprint density at radius 1 is 1.30 bits per heavy atom. The fourth-order valence-electron chi connectivity index (χ4n) is 2.52. The number of fused-ring (bicyclic) bond motifs is 1. The van der Waals surface area contributed by atoms with Crippen LogP contribution in [0.2, 0.25) is 0 Å². The fraction of sp³-hybridized carbons (Fsp3) is 0.278. The van der Waals surface area contributed by atoms with Gasteiger partial charge in [-0.15, -0.1) is 5.10 Å². The predicted molar refractivity (Wildman–Crippen MR) is 103 cm³/mol. The van der Waals surface area contributed by atoms with Gasteiger partial charge in [-0.3, -0.25) is 14.9 Å². The summed E-state index contributed by atoms with van der Waals surface area (Å²) in [7, 11) is 0. The molecule has 0 atom stereocenters. The van der Waals surface area contributed by atoms with Crippen LogP contribution in [-0.2, 0) is 11.3 Å². The van der Waals surface area contributed by atoms with Crippen molar-refractivity contribution in [2.75, 3.05) is 5.32 Å². The van der Waals surface area contributed by atoms with E-state index in [0.717, 1.165) is 27.6 Å². The molecule has 0 unspecified atom stereocenters. The van der Waals surface area contributed by atoms with Crippen LogP contribution in [0.4, 0.5) is 5.95 Å². The Labute approximate surface area is 162 Å². The number of anilines is 1. The van der Waals surface area contributed by atoms with E-state index in [2.05, 4.69) is 36.3 Å². The lowest BCUT2D eigenvalue weighted by Gasteiger charge is -2.12. The third kappa shape index (κ3) is 3.97. The maximum atomic E-state index is 12.7. The second-order valence-electron chi connectivity index (χ2n) is 6.41. The van der Waals surface area contributed by atoms with Crippen molar-refractivity contribution in [3.63, 3.8) is 0 Å². The molecule has 1 saturated carbocycles. The van der Waals surface area contributed by atoms with Crippen LogP contribution in [0.3, 0.4) is 0 Å². The molecule has 0 radical (unpaired) electrons. The van der Waals surface area contributed by atoms with Gasteiger partial charge in [0.15, 0.2) is 0 Å². The number of ether oxygens (including phenoxy) is 1. The summed E-state index contributed by atoms with van der Waals surface area (Å²) < 4.78 is 7.79. The molecule has 4 rings (SSSR count). The molecule has 138 valence electrons. The van der Waals surface area contributed by atoms with Crippen molar-refractivity contribution in [3.8, 4) is 5.88 Å². The first-order valence-electron chi connectivity index (χ1n) is 8.45. The number of aromatic nitrogens is 4. The summed E-state index contributed by atoms with van der Waals surface area (Å²) in [5.41, 5.74) is 0.522. The molecule has 0 saturated heterocycles. The third-order valence-corrected chi connectivity index (χ3v) is 4.51. The van der Waals surface area contributed by atoms with Gasteiger partial charge in [0, 0.05) is 16.9 Å². The lowest BCUT2D eigenvalue weighted by molar-refractivity contribution is -0.117. The monoisotopic (exact) mass is 429 g/mol. The van der Waals surface area contributed by atoms with Gasteiger partial charge in [-0.05, 0) is 43.5 Å². The molecule has 1 N–H and O–H groups in total. The van der Waals surface area contributed by atoms with E-state index in [1.165, 1.54) is 0 Å². The number of carbonyl (C=O) groups is 1. The van der Waals surface area contributed by atoms with Gasteiger partial charge in [-0.25, -0.2) is 14.6 Å². The highest BCUT2D eigenvalue weighted by atomic mass is 79.9. The molecule has 1 aromatic carbocycles. The zero-order valence-corrected chi connectivity index (χ0v) is 16.1. The molecule has 1 fully saturated rings. The first-order chi connectivity index (χ1) is 13.0. The number of amides is 1. The van der Waals surface area contributed by atoms with Crippen LogP contribution in [0.25, 0.3) is 10.8 Å². The van der Waals surface area contributed by atoms with Crippen LogP contribution >= 0.6 is 15.9 Å². The van der Waals surface area contributed by atoms with Crippen molar-refractivity contribution in [3.05, 3.63) is 51.0 Å². The number of hydrogen-bond donors (Lipinski definition) is 1. The van der Waals surface area contributed by atoms with Crippen LogP contribution in [0.5, 0.6) is 5.88 Å². The highest BCUT2D eigenvalue weighted by Crippen LogP contribution is 2.30. The molecule has 1 amide bonds. The second-order valence-corrected chi connectivity index (χ2v) is 7.32. The van der Waals surface area contributed by atoms with Gasteiger partial charge < -0.3 is 4.74 Å².